The van der Waals surface area contributed by atoms with Crippen molar-refractivity contribution in [3.8, 4) is 6.07 Å². The van der Waals surface area contributed by atoms with E-state index in [0.717, 1.165) is 10.8 Å². The zero-order chi connectivity index (χ0) is 16.2. The molecule has 0 aromatic heterocycles. The third kappa shape index (κ3) is 3.02. The Morgan fingerprint density at radius 3 is 2.35 bits per heavy atom. The van der Waals surface area contributed by atoms with E-state index in [1.807, 2.05) is 48.5 Å². The molecule has 5 heteroatoms. The molecule has 116 valence electrons. The molecule has 1 fully saturated rings. The molecule has 5 nitrogen and oxygen atoms in total. The Hall–Kier alpha value is -2.87. The first kappa shape index (κ1) is 15.0. The van der Waals surface area contributed by atoms with Gasteiger partial charge in [-0.1, -0.05) is 36.4 Å². The van der Waals surface area contributed by atoms with Crippen LogP contribution < -0.4 is 0 Å². The number of rotatable bonds is 2. The fourth-order valence-electron chi connectivity index (χ4n) is 2.92. The van der Waals surface area contributed by atoms with Gasteiger partial charge in [0.2, 0.25) is 5.91 Å². The summed E-state index contributed by atoms with van der Waals surface area (Å²) in [6.07, 6.45) is -0.0999. The van der Waals surface area contributed by atoms with Gasteiger partial charge in [-0.2, -0.15) is 5.26 Å². The first-order valence-electron chi connectivity index (χ1n) is 7.62. The molecule has 1 saturated heterocycles. The first-order valence-corrected chi connectivity index (χ1v) is 7.62. The number of nitrogens with zero attached hydrogens (tertiary/aromatic N) is 3. The van der Waals surface area contributed by atoms with Gasteiger partial charge in [0, 0.05) is 31.7 Å². The molecule has 0 N–H and O–H groups in total. The number of carbonyl (C=O) groups excluding carboxylic acids is 2. The zero-order valence-corrected chi connectivity index (χ0v) is 12.7. The van der Waals surface area contributed by atoms with Crippen molar-refractivity contribution in [2.45, 2.75) is 6.42 Å². The highest BCUT2D eigenvalue weighted by Crippen LogP contribution is 2.20. The minimum absolute atomic E-state index is 0.00539. The summed E-state index contributed by atoms with van der Waals surface area (Å²) >= 11 is 0. The molecule has 1 aliphatic heterocycles. The van der Waals surface area contributed by atoms with Gasteiger partial charge in [-0.25, -0.2) is 0 Å². The van der Waals surface area contributed by atoms with E-state index in [0.29, 0.717) is 31.7 Å². The highest BCUT2D eigenvalue weighted by atomic mass is 16.2. The summed E-state index contributed by atoms with van der Waals surface area (Å²) in [6.45, 7) is 1.96. The lowest BCUT2D eigenvalue weighted by Gasteiger charge is -2.34. The molecule has 2 aromatic rings. The Labute approximate surface area is 134 Å². The monoisotopic (exact) mass is 307 g/mol. The second-order valence-corrected chi connectivity index (χ2v) is 5.53. The smallest absolute Gasteiger partial charge is 0.254 e. The second kappa shape index (κ2) is 6.49. The Balaban J connectivity index is 1.75. The van der Waals surface area contributed by atoms with E-state index in [2.05, 4.69) is 0 Å². The van der Waals surface area contributed by atoms with Crippen molar-refractivity contribution in [2.75, 3.05) is 26.2 Å². The summed E-state index contributed by atoms with van der Waals surface area (Å²) in [5.74, 6) is -0.168. The summed E-state index contributed by atoms with van der Waals surface area (Å²) in [6, 6.07) is 15.4. The molecule has 0 spiro atoms. The predicted molar refractivity (Wildman–Crippen MR) is 86.7 cm³/mol. The lowest BCUT2D eigenvalue weighted by molar-refractivity contribution is -0.131. The number of hydrogen-bond donors (Lipinski definition) is 0. The summed E-state index contributed by atoms with van der Waals surface area (Å²) in [4.78, 5) is 27.9. The van der Waals surface area contributed by atoms with Crippen LogP contribution in [-0.4, -0.2) is 47.8 Å². The van der Waals surface area contributed by atoms with E-state index in [4.69, 9.17) is 5.26 Å². The summed E-state index contributed by atoms with van der Waals surface area (Å²) in [5, 5.41) is 10.6. The SMILES string of the molecule is N#CCC(=O)N1CCN(C(=O)c2cccc3ccccc23)CC1. The van der Waals surface area contributed by atoms with Crippen LogP contribution in [0.25, 0.3) is 10.8 Å². The fourth-order valence-corrected chi connectivity index (χ4v) is 2.92. The van der Waals surface area contributed by atoms with Gasteiger partial charge in [0.15, 0.2) is 0 Å². The van der Waals surface area contributed by atoms with Crippen LogP contribution in [0, 0.1) is 11.3 Å². The minimum Gasteiger partial charge on any atom is -0.338 e. The highest BCUT2D eigenvalue weighted by Gasteiger charge is 2.25. The van der Waals surface area contributed by atoms with Crippen molar-refractivity contribution in [3.63, 3.8) is 0 Å². The standard InChI is InChI=1S/C18H17N3O2/c19-9-8-17(22)20-10-12-21(13-11-20)18(23)16-7-3-5-14-4-1-2-6-15(14)16/h1-7H,8,10-13H2. The van der Waals surface area contributed by atoms with Crippen LogP contribution in [0.4, 0.5) is 0 Å². The molecule has 2 amide bonds. The minimum atomic E-state index is -0.162. The Morgan fingerprint density at radius 1 is 0.957 bits per heavy atom. The molecule has 0 saturated carbocycles. The van der Waals surface area contributed by atoms with Gasteiger partial charge in [-0.3, -0.25) is 9.59 Å². The Morgan fingerprint density at radius 2 is 1.61 bits per heavy atom. The number of nitriles is 1. The molecule has 0 aliphatic carbocycles. The van der Waals surface area contributed by atoms with Gasteiger partial charge in [-0.05, 0) is 16.8 Å². The van der Waals surface area contributed by atoms with Crippen molar-refractivity contribution in [1.82, 2.24) is 9.80 Å². The van der Waals surface area contributed by atoms with Crippen LogP contribution in [0.2, 0.25) is 0 Å². The predicted octanol–water partition coefficient (Wildman–Crippen LogP) is 2.04. The van der Waals surface area contributed by atoms with Gasteiger partial charge in [0.1, 0.15) is 6.42 Å². The molecule has 3 rings (SSSR count). The molecular weight excluding hydrogens is 290 g/mol. The van der Waals surface area contributed by atoms with Crippen molar-refractivity contribution < 1.29 is 9.59 Å². The van der Waals surface area contributed by atoms with Crippen LogP contribution in [0.1, 0.15) is 16.8 Å². The Bertz CT molecular complexity index is 781. The molecular formula is C18H17N3O2. The van der Waals surface area contributed by atoms with Crippen molar-refractivity contribution >= 4 is 22.6 Å². The molecule has 23 heavy (non-hydrogen) atoms. The quantitative estimate of drug-likeness (QED) is 0.853. The van der Waals surface area contributed by atoms with E-state index in [9.17, 15) is 9.59 Å². The number of hydrogen-bond acceptors (Lipinski definition) is 3. The van der Waals surface area contributed by atoms with E-state index < -0.39 is 0 Å². The van der Waals surface area contributed by atoms with Gasteiger partial charge >= 0.3 is 0 Å². The molecule has 1 heterocycles. The van der Waals surface area contributed by atoms with E-state index >= 15 is 0 Å². The van der Waals surface area contributed by atoms with Crippen LogP contribution in [-0.2, 0) is 4.79 Å². The molecule has 0 bridgehead atoms. The number of benzene rings is 2. The van der Waals surface area contributed by atoms with E-state index in [1.54, 1.807) is 9.80 Å². The summed E-state index contributed by atoms with van der Waals surface area (Å²) in [7, 11) is 0. The van der Waals surface area contributed by atoms with E-state index in [-0.39, 0.29) is 18.2 Å². The summed E-state index contributed by atoms with van der Waals surface area (Å²) < 4.78 is 0. The normalized spacial score (nSPS) is 14.6. The van der Waals surface area contributed by atoms with Gasteiger partial charge < -0.3 is 9.80 Å². The van der Waals surface area contributed by atoms with Crippen LogP contribution >= 0.6 is 0 Å². The lowest BCUT2D eigenvalue weighted by atomic mass is 10.0. The third-order valence-electron chi connectivity index (χ3n) is 4.17. The van der Waals surface area contributed by atoms with Crippen LogP contribution in [0.3, 0.4) is 0 Å². The number of fused-ring (bicyclic) bond motifs is 1. The zero-order valence-electron chi connectivity index (χ0n) is 12.7. The first-order chi connectivity index (χ1) is 11.2. The van der Waals surface area contributed by atoms with Gasteiger partial charge in [-0.15, -0.1) is 0 Å². The molecule has 0 unspecified atom stereocenters. The number of piperazine rings is 1. The Kier molecular flexibility index (Phi) is 4.24. The fraction of sp³-hybridized carbons (Fsp3) is 0.278. The van der Waals surface area contributed by atoms with Gasteiger partial charge in [0.25, 0.3) is 5.91 Å². The maximum atomic E-state index is 12.8. The molecule has 1 aliphatic rings. The topological polar surface area (TPSA) is 64.4 Å². The average molecular weight is 307 g/mol. The van der Waals surface area contributed by atoms with Crippen molar-refractivity contribution in [3.05, 3.63) is 48.0 Å². The average Bonchev–Trinajstić information content (AvgIpc) is 2.61. The van der Waals surface area contributed by atoms with Crippen molar-refractivity contribution in [1.29, 1.82) is 5.26 Å². The maximum absolute atomic E-state index is 12.8. The number of amides is 2. The largest absolute Gasteiger partial charge is 0.338 e. The van der Waals surface area contributed by atoms with E-state index in [1.165, 1.54) is 0 Å². The molecule has 2 aromatic carbocycles. The maximum Gasteiger partial charge on any atom is 0.254 e. The van der Waals surface area contributed by atoms with Gasteiger partial charge in [0.05, 0.1) is 6.07 Å². The summed E-state index contributed by atoms with van der Waals surface area (Å²) in [5.41, 5.74) is 0.694. The lowest BCUT2D eigenvalue weighted by Crippen LogP contribution is -2.50. The molecule has 0 radical (unpaired) electrons. The second-order valence-electron chi connectivity index (χ2n) is 5.53. The number of carbonyl (C=O) groups is 2. The highest BCUT2D eigenvalue weighted by molar-refractivity contribution is 6.07. The van der Waals surface area contributed by atoms with Crippen LogP contribution in [0.5, 0.6) is 0 Å². The van der Waals surface area contributed by atoms with Crippen LogP contribution in [0.15, 0.2) is 42.5 Å². The molecule has 0 atom stereocenters. The third-order valence-corrected chi connectivity index (χ3v) is 4.17. The van der Waals surface area contributed by atoms with Crippen molar-refractivity contribution in [2.24, 2.45) is 0 Å².